The maximum atomic E-state index is 2.37. The molecule has 0 aliphatic rings. The Morgan fingerprint density at radius 1 is 1.07 bits per heavy atom. The highest BCUT2D eigenvalue weighted by atomic mass is 127. The first-order chi connectivity index (χ1) is 6.77. The second kappa shape index (κ2) is 5.09. The van der Waals surface area contributed by atoms with Crippen molar-refractivity contribution >= 4 is 80.0 Å². The molecule has 72 valence electrons. The van der Waals surface area contributed by atoms with Crippen molar-refractivity contribution in [1.29, 1.82) is 0 Å². The van der Waals surface area contributed by atoms with E-state index < -0.39 is 0 Å². The zero-order valence-corrected chi connectivity index (χ0v) is 13.0. The van der Waals surface area contributed by atoms with Gasteiger partial charge >= 0.3 is 0 Å². The van der Waals surface area contributed by atoms with Crippen molar-refractivity contribution in [3.63, 3.8) is 0 Å². The number of hydrogen-bond acceptors (Lipinski definition) is 2. The van der Waals surface area contributed by atoms with Crippen molar-refractivity contribution in [2.45, 2.75) is 0 Å². The maximum Gasteiger partial charge on any atom is 0.0404 e. The van der Waals surface area contributed by atoms with Gasteiger partial charge in [0, 0.05) is 17.4 Å². The van der Waals surface area contributed by atoms with Gasteiger partial charge in [-0.2, -0.15) is 11.3 Å². The normalized spacial score (nSPS) is 11.3. The highest BCUT2D eigenvalue weighted by Gasteiger charge is 1.98. The number of halogens is 2. The molecule has 0 spiro atoms. The van der Waals surface area contributed by atoms with Gasteiger partial charge in [-0.1, -0.05) is 6.08 Å². The molecule has 2 rings (SSSR count). The lowest BCUT2D eigenvalue weighted by Gasteiger charge is -1.89. The van der Waals surface area contributed by atoms with Crippen LogP contribution in [0.25, 0.3) is 12.2 Å². The van der Waals surface area contributed by atoms with Crippen LogP contribution in [0.4, 0.5) is 0 Å². The second-order valence-corrected chi connectivity index (χ2v) is 6.66. The van der Waals surface area contributed by atoms with E-state index in [1.165, 1.54) is 17.6 Å². The summed E-state index contributed by atoms with van der Waals surface area (Å²) in [6.07, 6.45) is 4.38. The van der Waals surface area contributed by atoms with Crippen molar-refractivity contribution in [2.75, 3.05) is 0 Å². The molecule has 0 bridgehead atoms. The van der Waals surface area contributed by atoms with Gasteiger partial charge in [0.25, 0.3) is 0 Å². The predicted octanol–water partition coefficient (Wildman–Crippen LogP) is 5.19. The van der Waals surface area contributed by atoms with Crippen molar-refractivity contribution in [3.8, 4) is 0 Å². The molecule has 0 radical (unpaired) electrons. The van der Waals surface area contributed by atoms with Crippen molar-refractivity contribution < 1.29 is 0 Å². The van der Waals surface area contributed by atoms with Crippen LogP contribution >= 0.6 is 67.9 Å². The lowest BCUT2D eigenvalue weighted by molar-refractivity contribution is 1.78. The van der Waals surface area contributed by atoms with E-state index in [9.17, 15) is 0 Å². The minimum atomic E-state index is 1.32. The van der Waals surface area contributed by atoms with Crippen LogP contribution in [0.15, 0.2) is 22.2 Å². The van der Waals surface area contributed by atoms with Gasteiger partial charge in [-0.15, -0.1) is 11.3 Å². The van der Waals surface area contributed by atoms with E-state index >= 15 is 0 Å². The van der Waals surface area contributed by atoms with Crippen LogP contribution in [0.2, 0.25) is 0 Å². The lowest BCUT2D eigenvalue weighted by Crippen LogP contribution is -1.69. The Labute approximate surface area is 118 Å². The fourth-order valence-corrected chi connectivity index (χ4v) is 4.33. The molecular weight excluding hydrogens is 438 g/mol. The molecule has 2 aromatic heterocycles. The Kier molecular flexibility index (Phi) is 4.03. The Balaban J connectivity index is 2.23. The monoisotopic (exact) mass is 444 g/mol. The molecule has 0 saturated carbocycles. The summed E-state index contributed by atoms with van der Waals surface area (Å²) in [6, 6.07) is 2.14. The Bertz CT molecular complexity index is 412. The SMILES string of the molecule is Ic1cscc1/C=C\c1sccc1I. The molecule has 4 heteroatoms. The first-order valence-corrected chi connectivity index (χ1v) is 7.88. The van der Waals surface area contributed by atoms with E-state index in [2.05, 4.69) is 79.5 Å². The van der Waals surface area contributed by atoms with Crippen LogP contribution in [0.5, 0.6) is 0 Å². The van der Waals surface area contributed by atoms with Crippen LogP contribution in [-0.4, -0.2) is 0 Å². The fourth-order valence-electron chi connectivity index (χ4n) is 1.00. The first kappa shape index (κ1) is 11.1. The molecule has 0 unspecified atom stereocenters. The first-order valence-electron chi connectivity index (χ1n) is 3.90. The van der Waals surface area contributed by atoms with Crippen molar-refractivity contribution in [2.24, 2.45) is 0 Å². The summed E-state index contributed by atoms with van der Waals surface area (Å²) in [5.74, 6) is 0. The zero-order chi connectivity index (χ0) is 9.97. The molecule has 0 nitrogen and oxygen atoms in total. The van der Waals surface area contributed by atoms with E-state index in [4.69, 9.17) is 0 Å². The van der Waals surface area contributed by atoms with Crippen LogP contribution in [-0.2, 0) is 0 Å². The topological polar surface area (TPSA) is 0 Å². The van der Waals surface area contributed by atoms with Gasteiger partial charge in [0.2, 0.25) is 0 Å². The van der Waals surface area contributed by atoms with Crippen LogP contribution in [0.1, 0.15) is 10.4 Å². The summed E-state index contributed by atoms with van der Waals surface area (Å²) in [5.41, 5.74) is 1.32. The van der Waals surface area contributed by atoms with Crippen LogP contribution < -0.4 is 0 Å². The average Bonchev–Trinajstić information content (AvgIpc) is 2.72. The number of rotatable bonds is 2. The number of thiophene rings is 2. The van der Waals surface area contributed by atoms with Crippen LogP contribution in [0, 0.1) is 7.14 Å². The molecule has 14 heavy (non-hydrogen) atoms. The predicted molar refractivity (Wildman–Crippen MR) is 83.0 cm³/mol. The summed E-state index contributed by atoms with van der Waals surface area (Å²) in [4.78, 5) is 1.34. The standard InChI is InChI=1S/C10H6I2S2/c11-8-3-4-14-10(8)2-1-7-5-13-6-9(7)12/h1-6H/b2-1-. The van der Waals surface area contributed by atoms with Crippen molar-refractivity contribution in [1.82, 2.24) is 0 Å². The Morgan fingerprint density at radius 2 is 1.93 bits per heavy atom. The molecule has 0 atom stereocenters. The van der Waals surface area contributed by atoms with Gasteiger partial charge < -0.3 is 0 Å². The third kappa shape index (κ3) is 2.59. The van der Waals surface area contributed by atoms with E-state index in [1.54, 1.807) is 22.7 Å². The summed E-state index contributed by atoms with van der Waals surface area (Å²) in [7, 11) is 0. The fraction of sp³-hybridized carbons (Fsp3) is 0. The Morgan fingerprint density at radius 3 is 2.50 bits per heavy atom. The van der Waals surface area contributed by atoms with Gasteiger partial charge in [-0.3, -0.25) is 0 Å². The second-order valence-electron chi connectivity index (χ2n) is 2.64. The zero-order valence-electron chi connectivity index (χ0n) is 7.04. The van der Waals surface area contributed by atoms with Crippen LogP contribution in [0.3, 0.4) is 0 Å². The lowest BCUT2D eigenvalue weighted by atomic mass is 10.3. The molecule has 2 heterocycles. The molecular formula is C10H6I2S2. The highest BCUT2D eigenvalue weighted by molar-refractivity contribution is 14.1. The smallest absolute Gasteiger partial charge is 0.0404 e. The molecule has 2 aromatic rings. The largest absolute Gasteiger partial charge is 0.151 e. The summed E-state index contributed by atoms with van der Waals surface area (Å²) >= 11 is 8.27. The van der Waals surface area contributed by atoms with Gasteiger partial charge in [0.15, 0.2) is 0 Å². The van der Waals surface area contributed by atoms with Gasteiger partial charge in [0.1, 0.15) is 0 Å². The Hall–Kier alpha value is 0.600. The molecule has 0 N–H and O–H groups in total. The molecule has 0 amide bonds. The maximum absolute atomic E-state index is 2.37. The quantitative estimate of drug-likeness (QED) is 0.560. The highest BCUT2D eigenvalue weighted by Crippen LogP contribution is 2.24. The van der Waals surface area contributed by atoms with E-state index in [0.29, 0.717) is 0 Å². The third-order valence-corrected chi connectivity index (χ3v) is 6.01. The molecule has 0 aliphatic carbocycles. The van der Waals surface area contributed by atoms with Crippen molar-refractivity contribution in [3.05, 3.63) is 39.8 Å². The van der Waals surface area contributed by atoms with E-state index in [-0.39, 0.29) is 0 Å². The van der Waals surface area contributed by atoms with Gasteiger partial charge in [-0.25, -0.2) is 0 Å². The minimum absolute atomic E-state index is 1.32. The minimum Gasteiger partial charge on any atom is -0.151 e. The molecule has 0 aliphatic heterocycles. The summed E-state index contributed by atoms with van der Waals surface area (Å²) in [6.45, 7) is 0. The van der Waals surface area contributed by atoms with Gasteiger partial charge in [0.05, 0.1) is 0 Å². The molecule has 0 fully saturated rings. The summed E-state index contributed by atoms with van der Waals surface area (Å²) in [5, 5.41) is 6.47. The van der Waals surface area contributed by atoms with E-state index in [0.717, 1.165) is 0 Å². The molecule has 0 saturated heterocycles. The van der Waals surface area contributed by atoms with Gasteiger partial charge in [-0.05, 0) is 73.6 Å². The number of hydrogen-bond donors (Lipinski definition) is 0. The average molecular weight is 444 g/mol. The van der Waals surface area contributed by atoms with E-state index in [1.807, 2.05) is 0 Å². The third-order valence-electron chi connectivity index (χ3n) is 1.70. The molecule has 0 aromatic carbocycles. The summed E-state index contributed by atoms with van der Waals surface area (Å²) < 4.78 is 2.66.